The number of ether oxygens (including phenoxy) is 2. The van der Waals surface area contributed by atoms with Gasteiger partial charge in [-0.15, -0.1) is 0 Å². The molecule has 1 fully saturated rings. The number of benzene rings is 1. The van der Waals surface area contributed by atoms with Gasteiger partial charge in [0.25, 0.3) is 0 Å². The minimum Gasteiger partial charge on any atom is -0.381 e. The Morgan fingerprint density at radius 2 is 1.89 bits per heavy atom. The average Bonchev–Trinajstić information content (AvgIpc) is 2.38. The third-order valence-electron chi connectivity index (χ3n) is 3.18. The summed E-state index contributed by atoms with van der Waals surface area (Å²) in [7, 11) is 0. The maximum Gasteiger partial charge on any atom is 0.123 e. The first-order chi connectivity index (χ1) is 8.66. The van der Waals surface area contributed by atoms with Crippen molar-refractivity contribution in [2.45, 2.75) is 38.0 Å². The standard InChI is InChI=1S/C14H20FNO2/c1-10(16)14(11-2-4-12(15)5-3-11)18-13-6-8-17-9-7-13/h2-5,10,13-14H,6-9,16H2,1H3. The van der Waals surface area contributed by atoms with E-state index in [-0.39, 0.29) is 24.1 Å². The Kier molecular flexibility index (Phi) is 4.69. The molecule has 2 rings (SSSR count). The van der Waals surface area contributed by atoms with Crippen molar-refractivity contribution in [3.63, 3.8) is 0 Å². The molecule has 0 amide bonds. The Bertz CT molecular complexity index is 361. The molecule has 1 saturated heterocycles. The van der Waals surface area contributed by atoms with Gasteiger partial charge in [0.05, 0.1) is 12.2 Å². The highest BCUT2D eigenvalue weighted by Gasteiger charge is 2.23. The van der Waals surface area contributed by atoms with Gasteiger partial charge in [-0.25, -0.2) is 4.39 Å². The molecule has 0 radical (unpaired) electrons. The number of hydrogen-bond acceptors (Lipinski definition) is 3. The second-order valence-corrected chi connectivity index (χ2v) is 4.78. The molecule has 1 aromatic carbocycles. The van der Waals surface area contributed by atoms with E-state index in [2.05, 4.69) is 0 Å². The van der Waals surface area contributed by atoms with Crippen LogP contribution in [-0.2, 0) is 9.47 Å². The Labute approximate surface area is 107 Å². The van der Waals surface area contributed by atoms with Crippen LogP contribution in [0.4, 0.5) is 4.39 Å². The van der Waals surface area contributed by atoms with E-state index in [0.717, 1.165) is 31.6 Å². The van der Waals surface area contributed by atoms with E-state index in [1.54, 1.807) is 12.1 Å². The van der Waals surface area contributed by atoms with E-state index in [4.69, 9.17) is 15.2 Å². The third kappa shape index (κ3) is 3.51. The molecule has 0 aliphatic carbocycles. The molecule has 2 unspecified atom stereocenters. The molecule has 2 N–H and O–H groups in total. The maximum atomic E-state index is 12.9. The fourth-order valence-electron chi connectivity index (χ4n) is 2.18. The molecule has 0 bridgehead atoms. The van der Waals surface area contributed by atoms with Crippen LogP contribution >= 0.6 is 0 Å². The zero-order chi connectivity index (χ0) is 13.0. The molecule has 1 aliphatic heterocycles. The van der Waals surface area contributed by atoms with Crippen molar-refractivity contribution in [1.82, 2.24) is 0 Å². The van der Waals surface area contributed by atoms with Crippen LogP contribution in [0.15, 0.2) is 24.3 Å². The normalized spacial score (nSPS) is 20.6. The summed E-state index contributed by atoms with van der Waals surface area (Å²) in [5.41, 5.74) is 6.90. The van der Waals surface area contributed by atoms with E-state index >= 15 is 0 Å². The lowest BCUT2D eigenvalue weighted by Gasteiger charge is -2.30. The van der Waals surface area contributed by atoms with Gasteiger partial charge < -0.3 is 15.2 Å². The van der Waals surface area contributed by atoms with Crippen LogP contribution in [0.5, 0.6) is 0 Å². The summed E-state index contributed by atoms with van der Waals surface area (Å²) in [6.07, 6.45) is 1.78. The fraction of sp³-hybridized carbons (Fsp3) is 0.571. The molecule has 4 heteroatoms. The smallest absolute Gasteiger partial charge is 0.123 e. The largest absolute Gasteiger partial charge is 0.381 e. The summed E-state index contributed by atoms with van der Waals surface area (Å²) in [5.74, 6) is -0.242. The van der Waals surface area contributed by atoms with Crippen molar-refractivity contribution in [1.29, 1.82) is 0 Å². The molecular formula is C14H20FNO2. The van der Waals surface area contributed by atoms with Gasteiger partial charge in [0, 0.05) is 19.3 Å². The fourth-order valence-corrected chi connectivity index (χ4v) is 2.18. The molecule has 1 heterocycles. The molecule has 2 atom stereocenters. The Morgan fingerprint density at radius 1 is 1.28 bits per heavy atom. The van der Waals surface area contributed by atoms with Crippen LogP contribution in [0.25, 0.3) is 0 Å². The molecule has 0 aromatic heterocycles. The highest BCUT2D eigenvalue weighted by molar-refractivity contribution is 5.20. The third-order valence-corrected chi connectivity index (χ3v) is 3.18. The van der Waals surface area contributed by atoms with Crippen LogP contribution < -0.4 is 5.73 Å². The first kappa shape index (κ1) is 13.5. The van der Waals surface area contributed by atoms with Gasteiger partial charge in [0.15, 0.2) is 0 Å². The lowest BCUT2D eigenvalue weighted by Crippen LogP contribution is -2.33. The second-order valence-electron chi connectivity index (χ2n) is 4.78. The summed E-state index contributed by atoms with van der Waals surface area (Å²) >= 11 is 0. The summed E-state index contributed by atoms with van der Waals surface area (Å²) in [6, 6.07) is 6.24. The summed E-state index contributed by atoms with van der Waals surface area (Å²) in [5, 5.41) is 0. The summed E-state index contributed by atoms with van der Waals surface area (Å²) in [4.78, 5) is 0. The molecule has 100 valence electrons. The minimum absolute atomic E-state index is 0.127. The van der Waals surface area contributed by atoms with E-state index < -0.39 is 0 Å². The van der Waals surface area contributed by atoms with Crippen molar-refractivity contribution < 1.29 is 13.9 Å². The first-order valence-electron chi connectivity index (χ1n) is 6.41. The molecule has 3 nitrogen and oxygen atoms in total. The number of halogens is 1. The van der Waals surface area contributed by atoms with Crippen LogP contribution in [0, 0.1) is 5.82 Å². The summed E-state index contributed by atoms with van der Waals surface area (Å²) in [6.45, 7) is 3.38. The van der Waals surface area contributed by atoms with E-state index in [1.165, 1.54) is 12.1 Å². The number of rotatable bonds is 4. The second kappa shape index (κ2) is 6.27. The average molecular weight is 253 g/mol. The zero-order valence-electron chi connectivity index (χ0n) is 10.6. The van der Waals surface area contributed by atoms with E-state index in [1.807, 2.05) is 6.92 Å². The topological polar surface area (TPSA) is 44.5 Å². The highest BCUT2D eigenvalue weighted by Crippen LogP contribution is 2.25. The van der Waals surface area contributed by atoms with Crippen molar-refractivity contribution in [2.75, 3.05) is 13.2 Å². The minimum atomic E-state index is -0.242. The van der Waals surface area contributed by atoms with Crippen molar-refractivity contribution in [3.8, 4) is 0 Å². The van der Waals surface area contributed by atoms with Crippen LogP contribution in [0.3, 0.4) is 0 Å². The molecule has 1 aliphatic rings. The van der Waals surface area contributed by atoms with Gasteiger partial charge >= 0.3 is 0 Å². The molecular weight excluding hydrogens is 233 g/mol. The monoisotopic (exact) mass is 253 g/mol. The lowest BCUT2D eigenvalue weighted by molar-refractivity contribution is -0.0758. The van der Waals surface area contributed by atoms with E-state index in [9.17, 15) is 4.39 Å². The lowest BCUT2D eigenvalue weighted by atomic mass is 10.0. The van der Waals surface area contributed by atoms with Gasteiger partial charge in [-0.05, 0) is 37.5 Å². The first-order valence-corrected chi connectivity index (χ1v) is 6.41. The van der Waals surface area contributed by atoms with Gasteiger partial charge in [0.2, 0.25) is 0 Å². The quantitative estimate of drug-likeness (QED) is 0.896. The van der Waals surface area contributed by atoms with Crippen molar-refractivity contribution >= 4 is 0 Å². The number of nitrogens with two attached hydrogens (primary N) is 1. The molecule has 1 aromatic rings. The highest BCUT2D eigenvalue weighted by atomic mass is 19.1. The Balaban J connectivity index is 2.05. The number of hydrogen-bond donors (Lipinski definition) is 1. The summed E-state index contributed by atoms with van der Waals surface area (Å²) < 4.78 is 24.3. The zero-order valence-corrected chi connectivity index (χ0v) is 10.6. The van der Waals surface area contributed by atoms with Gasteiger partial charge in [-0.2, -0.15) is 0 Å². The predicted molar refractivity (Wildman–Crippen MR) is 67.7 cm³/mol. The molecule has 0 saturated carbocycles. The van der Waals surface area contributed by atoms with Crippen molar-refractivity contribution in [2.24, 2.45) is 5.73 Å². The molecule has 18 heavy (non-hydrogen) atoms. The van der Waals surface area contributed by atoms with Gasteiger partial charge in [0.1, 0.15) is 5.82 Å². The van der Waals surface area contributed by atoms with Crippen molar-refractivity contribution in [3.05, 3.63) is 35.6 Å². The Morgan fingerprint density at radius 3 is 2.44 bits per heavy atom. The SMILES string of the molecule is CC(N)C(OC1CCOCC1)c1ccc(F)cc1. The predicted octanol–water partition coefficient (Wildman–Crippen LogP) is 2.41. The van der Waals surface area contributed by atoms with Gasteiger partial charge in [-0.3, -0.25) is 0 Å². The molecule has 0 spiro atoms. The van der Waals surface area contributed by atoms with Crippen LogP contribution in [-0.4, -0.2) is 25.4 Å². The Hall–Kier alpha value is -0.970. The maximum absolute atomic E-state index is 12.9. The van der Waals surface area contributed by atoms with Gasteiger partial charge in [-0.1, -0.05) is 12.1 Å². The van der Waals surface area contributed by atoms with Crippen LogP contribution in [0.2, 0.25) is 0 Å². The van der Waals surface area contributed by atoms with Crippen LogP contribution in [0.1, 0.15) is 31.4 Å². The van der Waals surface area contributed by atoms with E-state index in [0.29, 0.717) is 0 Å².